The van der Waals surface area contributed by atoms with Crippen LogP contribution < -0.4 is 5.32 Å². The topological polar surface area (TPSA) is 45.4 Å². The molecular weight excluding hydrogens is 214 g/mol. The molecule has 0 spiro atoms. The SMILES string of the molecule is CC(CO)CNC1CC(C)(C)Cc2occc21. The summed E-state index contributed by atoms with van der Waals surface area (Å²) in [5.41, 5.74) is 1.58. The molecule has 2 N–H and O–H groups in total. The van der Waals surface area contributed by atoms with E-state index in [2.05, 4.69) is 32.2 Å². The highest BCUT2D eigenvalue weighted by molar-refractivity contribution is 5.26. The molecule has 2 atom stereocenters. The van der Waals surface area contributed by atoms with Gasteiger partial charge < -0.3 is 14.8 Å². The van der Waals surface area contributed by atoms with E-state index in [1.165, 1.54) is 5.56 Å². The molecule has 0 saturated heterocycles. The number of aliphatic hydroxyl groups is 1. The molecular formula is C14H23NO2. The first-order chi connectivity index (χ1) is 8.02. The van der Waals surface area contributed by atoms with E-state index in [1.54, 1.807) is 6.26 Å². The molecule has 0 bridgehead atoms. The molecule has 0 amide bonds. The molecule has 0 aliphatic heterocycles. The maximum absolute atomic E-state index is 9.06. The summed E-state index contributed by atoms with van der Waals surface area (Å²) in [4.78, 5) is 0. The zero-order chi connectivity index (χ0) is 12.5. The number of nitrogens with one attached hydrogen (secondary N) is 1. The first-order valence-electron chi connectivity index (χ1n) is 6.42. The summed E-state index contributed by atoms with van der Waals surface area (Å²) < 4.78 is 5.57. The lowest BCUT2D eigenvalue weighted by Gasteiger charge is -2.35. The molecule has 0 saturated carbocycles. The minimum atomic E-state index is 0.237. The molecule has 3 heteroatoms. The van der Waals surface area contributed by atoms with Gasteiger partial charge in [0.15, 0.2) is 0 Å². The van der Waals surface area contributed by atoms with E-state index in [1.807, 2.05) is 0 Å². The van der Waals surface area contributed by atoms with E-state index in [0.717, 1.165) is 25.1 Å². The van der Waals surface area contributed by atoms with Crippen LogP contribution in [0.1, 0.15) is 44.6 Å². The van der Waals surface area contributed by atoms with Gasteiger partial charge in [-0.2, -0.15) is 0 Å². The molecule has 1 aromatic heterocycles. The van der Waals surface area contributed by atoms with Crippen molar-refractivity contribution in [2.75, 3.05) is 13.2 Å². The van der Waals surface area contributed by atoms with Gasteiger partial charge in [0.1, 0.15) is 5.76 Å². The molecule has 2 rings (SSSR count). The lowest BCUT2D eigenvalue weighted by atomic mass is 9.74. The van der Waals surface area contributed by atoms with Crippen molar-refractivity contribution in [3.05, 3.63) is 23.7 Å². The van der Waals surface area contributed by atoms with E-state index < -0.39 is 0 Å². The molecule has 2 unspecified atom stereocenters. The highest BCUT2D eigenvalue weighted by Crippen LogP contribution is 2.41. The van der Waals surface area contributed by atoms with Gasteiger partial charge in [0, 0.05) is 31.2 Å². The Kier molecular flexibility index (Phi) is 3.59. The Labute approximate surface area is 103 Å². The fourth-order valence-electron chi connectivity index (χ4n) is 2.56. The Morgan fingerprint density at radius 1 is 1.59 bits per heavy atom. The van der Waals surface area contributed by atoms with E-state index in [0.29, 0.717) is 12.0 Å². The summed E-state index contributed by atoms with van der Waals surface area (Å²) >= 11 is 0. The smallest absolute Gasteiger partial charge is 0.109 e. The van der Waals surface area contributed by atoms with Crippen LogP contribution in [0.5, 0.6) is 0 Å². The van der Waals surface area contributed by atoms with Crippen molar-refractivity contribution < 1.29 is 9.52 Å². The van der Waals surface area contributed by atoms with Crippen LogP contribution in [0.2, 0.25) is 0 Å². The van der Waals surface area contributed by atoms with Crippen LogP contribution in [0, 0.1) is 11.3 Å². The lowest BCUT2D eigenvalue weighted by Crippen LogP contribution is -2.35. The van der Waals surface area contributed by atoms with Crippen molar-refractivity contribution in [2.45, 2.75) is 39.7 Å². The third-order valence-corrected chi connectivity index (χ3v) is 3.58. The quantitative estimate of drug-likeness (QED) is 0.845. The summed E-state index contributed by atoms with van der Waals surface area (Å²) in [5, 5.41) is 12.6. The number of aliphatic hydroxyl groups excluding tert-OH is 1. The molecule has 0 radical (unpaired) electrons. The fraction of sp³-hybridized carbons (Fsp3) is 0.714. The molecule has 17 heavy (non-hydrogen) atoms. The van der Waals surface area contributed by atoms with Crippen LogP contribution in [0.25, 0.3) is 0 Å². The highest BCUT2D eigenvalue weighted by atomic mass is 16.3. The van der Waals surface area contributed by atoms with Gasteiger partial charge in [-0.1, -0.05) is 20.8 Å². The molecule has 3 nitrogen and oxygen atoms in total. The predicted octanol–water partition coefficient (Wildman–Crippen LogP) is 2.51. The maximum atomic E-state index is 9.06. The Balaban J connectivity index is 2.07. The molecule has 1 heterocycles. The second-order valence-electron chi connectivity index (χ2n) is 6.09. The van der Waals surface area contributed by atoms with Crippen molar-refractivity contribution in [2.24, 2.45) is 11.3 Å². The summed E-state index contributed by atoms with van der Waals surface area (Å²) in [5.74, 6) is 1.42. The average Bonchev–Trinajstić information content (AvgIpc) is 2.71. The van der Waals surface area contributed by atoms with Crippen molar-refractivity contribution >= 4 is 0 Å². The zero-order valence-corrected chi connectivity index (χ0v) is 11.0. The molecule has 1 aliphatic rings. The van der Waals surface area contributed by atoms with Crippen molar-refractivity contribution in [1.82, 2.24) is 5.32 Å². The van der Waals surface area contributed by atoms with Crippen molar-refractivity contribution in [3.8, 4) is 0 Å². The third kappa shape index (κ3) is 2.90. The van der Waals surface area contributed by atoms with Crippen molar-refractivity contribution in [3.63, 3.8) is 0 Å². The monoisotopic (exact) mass is 237 g/mol. The minimum absolute atomic E-state index is 0.237. The van der Waals surface area contributed by atoms with E-state index >= 15 is 0 Å². The fourth-order valence-corrected chi connectivity index (χ4v) is 2.56. The number of hydrogen-bond acceptors (Lipinski definition) is 3. The molecule has 96 valence electrons. The van der Waals surface area contributed by atoms with Gasteiger partial charge in [-0.05, 0) is 23.8 Å². The second-order valence-corrected chi connectivity index (χ2v) is 6.09. The van der Waals surface area contributed by atoms with Crippen LogP contribution >= 0.6 is 0 Å². The Hall–Kier alpha value is -0.800. The normalized spacial score (nSPS) is 24.4. The van der Waals surface area contributed by atoms with Crippen LogP contribution in [0.4, 0.5) is 0 Å². The number of fused-ring (bicyclic) bond motifs is 1. The highest BCUT2D eigenvalue weighted by Gasteiger charge is 2.33. The second kappa shape index (κ2) is 4.83. The first-order valence-corrected chi connectivity index (χ1v) is 6.42. The van der Waals surface area contributed by atoms with E-state index in [4.69, 9.17) is 9.52 Å². The lowest BCUT2D eigenvalue weighted by molar-refractivity contribution is 0.206. The average molecular weight is 237 g/mol. The standard InChI is InChI=1S/C14H23NO2/c1-10(9-16)8-15-12-6-14(2,3)7-13-11(12)4-5-17-13/h4-5,10,12,15-16H,6-9H2,1-3H3. The minimum Gasteiger partial charge on any atom is -0.469 e. The predicted molar refractivity (Wildman–Crippen MR) is 67.8 cm³/mol. The summed E-state index contributed by atoms with van der Waals surface area (Å²) in [6.45, 7) is 7.70. The van der Waals surface area contributed by atoms with Gasteiger partial charge in [0.25, 0.3) is 0 Å². The summed E-state index contributed by atoms with van der Waals surface area (Å²) in [6.07, 6.45) is 3.93. The Morgan fingerprint density at radius 3 is 3.06 bits per heavy atom. The van der Waals surface area contributed by atoms with E-state index in [9.17, 15) is 0 Å². The van der Waals surface area contributed by atoms with Gasteiger partial charge in [-0.25, -0.2) is 0 Å². The van der Waals surface area contributed by atoms with Crippen molar-refractivity contribution in [1.29, 1.82) is 0 Å². The largest absolute Gasteiger partial charge is 0.469 e. The molecule has 0 fully saturated rings. The van der Waals surface area contributed by atoms with Gasteiger partial charge in [-0.15, -0.1) is 0 Å². The van der Waals surface area contributed by atoms with Crippen LogP contribution in [-0.2, 0) is 6.42 Å². The van der Waals surface area contributed by atoms with E-state index in [-0.39, 0.29) is 12.0 Å². The number of hydrogen-bond donors (Lipinski definition) is 2. The zero-order valence-electron chi connectivity index (χ0n) is 11.0. The number of rotatable bonds is 4. The van der Waals surface area contributed by atoms with Crippen LogP contribution in [0.15, 0.2) is 16.7 Å². The Bertz CT molecular complexity index is 370. The van der Waals surface area contributed by atoms with Gasteiger partial charge in [-0.3, -0.25) is 0 Å². The van der Waals surface area contributed by atoms with Crippen LogP contribution in [0.3, 0.4) is 0 Å². The van der Waals surface area contributed by atoms with Crippen LogP contribution in [-0.4, -0.2) is 18.3 Å². The molecule has 1 aromatic rings. The van der Waals surface area contributed by atoms with Gasteiger partial charge in [0.2, 0.25) is 0 Å². The summed E-state index contributed by atoms with van der Waals surface area (Å²) in [7, 11) is 0. The van der Waals surface area contributed by atoms with Gasteiger partial charge >= 0.3 is 0 Å². The first kappa shape index (κ1) is 12.7. The summed E-state index contributed by atoms with van der Waals surface area (Å²) in [6, 6.07) is 2.44. The maximum Gasteiger partial charge on any atom is 0.109 e. The third-order valence-electron chi connectivity index (χ3n) is 3.58. The molecule has 0 aromatic carbocycles. The molecule has 1 aliphatic carbocycles. The Morgan fingerprint density at radius 2 is 2.35 bits per heavy atom. The van der Waals surface area contributed by atoms with Gasteiger partial charge in [0.05, 0.1) is 6.26 Å². The number of furan rings is 1.